The second-order valence-corrected chi connectivity index (χ2v) is 4.32. The maximum Gasteiger partial charge on any atom is 0.147 e. The van der Waals surface area contributed by atoms with Crippen LogP contribution in [0.1, 0.15) is 25.0 Å². The Kier molecular flexibility index (Phi) is 2.86. The van der Waals surface area contributed by atoms with E-state index in [-0.39, 0.29) is 6.61 Å². The Morgan fingerprint density at radius 1 is 1.40 bits per heavy atom. The summed E-state index contributed by atoms with van der Waals surface area (Å²) in [7, 11) is 0. The number of nitrogens with zero attached hydrogens (tertiary/aromatic N) is 2. The van der Waals surface area contributed by atoms with Gasteiger partial charge in [0.2, 0.25) is 0 Å². The Balaban J connectivity index is 1.91. The molecular weight excluding hydrogens is 190 g/mol. The van der Waals surface area contributed by atoms with Crippen molar-refractivity contribution in [1.29, 1.82) is 0 Å². The van der Waals surface area contributed by atoms with E-state index in [2.05, 4.69) is 15.3 Å². The van der Waals surface area contributed by atoms with Crippen LogP contribution in [0.15, 0.2) is 12.4 Å². The van der Waals surface area contributed by atoms with E-state index in [1.165, 1.54) is 12.8 Å². The number of hydrogen-bond acceptors (Lipinski definition) is 4. The zero-order valence-corrected chi connectivity index (χ0v) is 9.03. The lowest BCUT2D eigenvalue weighted by molar-refractivity contribution is 0.253. The van der Waals surface area contributed by atoms with E-state index in [1.807, 2.05) is 6.92 Å². The van der Waals surface area contributed by atoms with Crippen molar-refractivity contribution in [1.82, 2.24) is 9.97 Å². The Hall–Kier alpha value is -1.16. The predicted molar refractivity (Wildman–Crippen MR) is 58.6 cm³/mol. The van der Waals surface area contributed by atoms with Gasteiger partial charge in [-0.25, -0.2) is 4.98 Å². The molecule has 1 aromatic rings. The number of aryl methyl sites for hydroxylation is 1. The Bertz CT molecular complexity index is 336. The van der Waals surface area contributed by atoms with Crippen LogP contribution in [0.2, 0.25) is 0 Å². The van der Waals surface area contributed by atoms with Crippen molar-refractivity contribution in [3.8, 4) is 0 Å². The summed E-state index contributed by atoms with van der Waals surface area (Å²) in [5, 5.41) is 12.3. The van der Waals surface area contributed by atoms with Gasteiger partial charge in [-0.05, 0) is 31.6 Å². The van der Waals surface area contributed by atoms with E-state index in [4.69, 9.17) is 5.11 Å². The first-order valence-corrected chi connectivity index (χ1v) is 5.38. The third-order valence-corrected chi connectivity index (χ3v) is 3.11. The molecular formula is C11H17N3O. The quantitative estimate of drug-likeness (QED) is 0.765. The van der Waals surface area contributed by atoms with Gasteiger partial charge < -0.3 is 10.4 Å². The smallest absolute Gasteiger partial charge is 0.147 e. The van der Waals surface area contributed by atoms with Gasteiger partial charge in [-0.2, -0.15) is 0 Å². The summed E-state index contributed by atoms with van der Waals surface area (Å²) in [6.45, 7) is 3.12. The first-order chi connectivity index (χ1) is 7.26. The number of hydrogen-bond donors (Lipinski definition) is 2. The van der Waals surface area contributed by atoms with Gasteiger partial charge in [0, 0.05) is 25.5 Å². The normalized spacial score (nSPS) is 17.5. The molecule has 0 aromatic carbocycles. The molecule has 0 atom stereocenters. The van der Waals surface area contributed by atoms with Crippen LogP contribution in [0.4, 0.5) is 5.82 Å². The second kappa shape index (κ2) is 4.14. The summed E-state index contributed by atoms with van der Waals surface area (Å²) in [6, 6.07) is 0. The first-order valence-electron chi connectivity index (χ1n) is 5.38. The fourth-order valence-electron chi connectivity index (χ4n) is 1.78. The van der Waals surface area contributed by atoms with Gasteiger partial charge in [0.15, 0.2) is 0 Å². The predicted octanol–water partition coefficient (Wildman–Crippen LogP) is 1.36. The topological polar surface area (TPSA) is 58.0 Å². The Morgan fingerprint density at radius 2 is 2.13 bits per heavy atom. The van der Waals surface area contributed by atoms with Crippen molar-refractivity contribution in [2.24, 2.45) is 5.41 Å². The summed E-state index contributed by atoms with van der Waals surface area (Å²) in [5.41, 5.74) is 1.25. The van der Waals surface area contributed by atoms with Gasteiger partial charge in [0.25, 0.3) is 0 Å². The molecule has 2 N–H and O–H groups in total. The molecule has 2 rings (SSSR count). The van der Waals surface area contributed by atoms with Crippen LogP contribution in [0.25, 0.3) is 0 Å². The highest BCUT2D eigenvalue weighted by atomic mass is 16.3. The van der Waals surface area contributed by atoms with E-state index >= 15 is 0 Å². The number of rotatable bonds is 5. The molecule has 4 nitrogen and oxygen atoms in total. The second-order valence-electron chi connectivity index (χ2n) is 4.32. The number of aromatic nitrogens is 2. The minimum atomic E-state index is 0.279. The van der Waals surface area contributed by atoms with Crippen LogP contribution in [0, 0.1) is 12.3 Å². The van der Waals surface area contributed by atoms with Gasteiger partial charge in [0.05, 0.1) is 5.69 Å². The maximum absolute atomic E-state index is 8.94. The molecule has 4 heteroatoms. The highest BCUT2D eigenvalue weighted by molar-refractivity contribution is 5.38. The summed E-state index contributed by atoms with van der Waals surface area (Å²) in [4.78, 5) is 8.40. The summed E-state index contributed by atoms with van der Waals surface area (Å²) in [5.74, 6) is 0.863. The minimum Gasteiger partial charge on any atom is -0.396 e. The van der Waals surface area contributed by atoms with Gasteiger partial charge in [-0.1, -0.05) is 0 Å². The zero-order valence-electron chi connectivity index (χ0n) is 9.03. The zero-order chi connectivity index (χ0) is 10.7. The lowest BCUT2D eigenvalue weighted by Gasteiger charge is -2.15. The summed E-state index contributed by atoms with van der Waals surface area (Å²) in [6.07, 6.45) is 6.70. The third kappa shape index (κ3) is 2.45. The summed E-state index contributed by atoms with van der Waals surface area (Å²) < 4.78 is 0. The van der Waals surface area contributed by atoms with Gasteiger partial charge >= 0.3 is 0 Å². The fourth-order valence-corrected chi connectivity index (χ4v) is 1.78. The van der Waals surface area contributed by atoms with Crippen molar-refractivity contribution in [2.75, 3.05) is 18.5 Å². The summed E-state index contributed by atoms with van der Waals surface area (Å²) >= 11 is 0. The molecule has 0 bridgehead atoms. The molecule has 1 saturated carbocycles. The fraction of sp³-hybridized carbons (Fsp3) is 0.636. The third-order valence-electron chi connectivity index (χ3n) is 3.11. The standard InChI is InChI=1S/C11H17N3O/c1-9-10(13-6-5-12-9)14-8-11(2-3-11)4-7-15/h5-6,15H,2-4,7-8H2,1H3,(H,13,14). The molecule has 1 aromatic heterocycles. The van der Waals surface area contributed by atoms with Crippen molar-refractivity contribution in [3.63, 3.8) is 0 Å². The lowest BCUT2D eigenvalue weighted by atomic mass is 10.0. The van der Waals surface area contributed by atoms with E-state index in [1.54, 1.807) is 12.4 Å². The monoisotopic (exact) mass is 207 g/mol. The number of aliphatic hydroxyl groups excluding tert-OH is 1. The molecule has 1 fully saturated rings. The van der Waals surface area contributed by atoms with Crippen LogP contribution in [-0.2, 0) is 0 Å². The molecule has 1 aliphatic rings. The lowest BCUT2D eigenvalue weighted by Crippen LogP contribution is -2.18. The highest BCUT2D eigenvalue weighted by Gasteiger charge is 2.41. The van der Waals surface area contributed by atoms with Crippen molar-refractivity contribution in [3.05, 3.63) is 18.1 Å². The van der Waals surface area contributed by atoms with Crippen LogP contribution < -0.4 is 5.32 Å². The molecule has 15 heavy (non-hydrogen) atoms. The molecule has 0 aliphatic heterocycles. The molecule has 82 valence electrons. The largest absolute Gasteiger partial charge is 0.396 e. The van der Waals surface area contributed by atoms with Crippen molar-refractivity contribution in [2.45, 2.75) is 26.2 Å². The average molecular weight is 207 g/mol. The van der Waals surface area contributed by atoms with Crippen molar-refractivity contribution >= 4 is 5.82 Å². The molecule has 1 heterocycles. The number of anilines is 1. The highest BCUT2D eigenvalue weighted by Crippen LogP contribution is 2.48. The average Bonchev–Trinajstić information content (AvgIpc) is 2.98. The van der Waals surface area contributed by atoms with Gasteiger partial charge in [0.1, 0.15) is 5.82 Å². The number of nitrogens with one attached hydrogen (secondary N) is 1. The number of aliphatic hydroxyl groups is 1. The van der Waals surface area contributed by atoms with E-state index in [9.17, 15) is 0 Å². The molecule has 0 radical (unpaired) electrons. The molecule has 0 amide bonds. The van der Waals surface area contributed by atoms with Crippen LogP contribution in [-0.4, -0.2) is 28.2 Å². The minimum absolute atomic E-state index is 0.279. The molecule has 1 aliphatic carbocycles. The SMILES string of the molecule is Cc1nccnc1NCC1(CCO)CC1. The van der Waals surface area contributed by atoms with Crippen LogP contribution in [0.3, 0.4) is 0 Å². The van der Waals surface area contributed by atoms with E-state index < -0.39 is 0 Å². The van der Waals surface area contributed by atoms with Crippen LogP contribution >= 0.6 is 0 Å². The maximum atomic E-state index is 8.94. The first kappa shape index (κ1) is 10.4. The van der Waals surface area contributed by atoms with Gasteiger partial charge in [-0.15, -0.1) is 0 Å². The van der Waals surface area contributed by atoms with Crippen LogP contribution in [0.5, 0.6) is 0 Å². The van der Waals surface area contributed by atoms with Crippen molar-refractivity contribution < 1.29 is 5.11 Å². The Morgan fingerprint density at radius 3 is 2.73 bits per heavy atom. The molecule has 0 unspecified atom stereocenters. The molecule has 0 spiro atoms. The van der Waals surface area contributed by atoms with E-state index in [0.717, 1.165) is 24.5 Å². The van der Waals surface area contributed by atoms with E-state index in [0.29, 0.717) is 5.41 Å². The van der Waals surface area contributed by atoms with Gasteiger partial charge in [-0.3, -0.25) is 4.98 Å². The Labute approximate surface area is 89.8 Å². The molecule has 0 saturated heterocycles.